The average molecular weight is 270 g/mol. The molecule has 0 aromatic heterocycles. The molecular formula is C14H17F3N2. The number of piperidine rings is 1. The molecule has 19 heavy (non-hydrogen) atoms. The summed E-state index contributed by atoms with van der Waals surface area (Å²) in [4.78, 5) is 2.19. The van der Waals surface area contributed by atoms with Crippen molar-refractivity contribution in [3.8, 4) is 0 Å². The van der Waals surface area contributed by atoms with Gasteiger partial charge in [-0.3, -0.25) is 4.90 Å². The summed E-state index contributed by atoms with van der Waals surface area (Å²) in [6, 6.07) is 2.78. The Morgan fingerprint density at radius 2 is 1.89 bits per heavy atom. The Hall–Kier alpha value is -1.07. The molecule has 2 fully saturated rings. The molecular weight excluding hydrogens is 253 g/mol. The summed E-state index contributed by atoms with van der Waals surface area (Å²) in [5.41, 5.74) is 0.501. The van der Waals surface area contributed by atoms with Crippen LogP contribution in [0.25, 0.3) is 0 Å². The van der Waals surface area contributed by atoms with Crippen molar-refractivity contribution in [3.05, 3.63) is 35.1 Å². The minimum absolute atomic E-state index is 0.483. The fourth-order valence-electron chi connectivity index (χ4n) is 3.22. The van der Waals surface area contributed by atoms with Gasteiger partial charge in [-0.1, -0.05) is 0 Å². The van der Waals surface area contributed by atoms with Gasteiger partial charge in [0.2, 0.25) is 0 Å². The molecule has 2 aliphatic heterocycles. The predicted molar refractivity (Wildman–Crippen MR) is 66.1 cm³/mol. The van der Waals surface area contributed by atoms with Crippen LogP contribution in [0.1, 0.15) is 18.4 Å². The number of fused-ring (bicyclic) bond motifs is 1. The van der Waals surface area contributed by atoms with Crippen LogP contribution in [0, 0.1) is 23.4 Å². The third-order valence-electron chi connectivity index (χ3n) is 4.19. The lowest BCUT2D eigenvalue weighted by Crippen LogP contribution is -2.43. The Bertz CT molecular complexity index is 455. The van der Waals surface area contributed by atoms with Crippen molar-refractivity contribution >= 4 is 0 Å². The summed E-state index contributed by atoms with van der Waals surface area (Å²) in [7, 11) is 0. The number of likely N-dealkylation sites (tertiary alicyclic amines) is 1. The molecule has 2 saturated heterocycles. The maximum absolute atomic E-state index is 13.2. The van der Waals surface area contributed by atoms with Crippen molar-refractivity contribution in [1.82, 2.24) is 10.2 Å². The second kappa shape index (κ2) is 5.13. The van der Waals surface area contributed by atoms with Crippen LogP contribution in [-0.4, -0.2) is 30.6 Å². The maximum atomic E-state index is 13.2. The second-order valence-electron chi connectivity index (χ2n) is 5.51. The molecule has 5 heteroatoms. The Morgan fingerprint density at radius 3 is 2.63 bits per heavy atom. The number of benzene rings is 1. The number of halogens is 3. The standard InChI is InChI=1S/C14H17F3N2/c15-11-5-9(6-12(16)14(11)17)7-19-4-2-13-10(8-19)1-3-18-13/h5-6,10,13,18H,1-4,7-8H2. The molecule has 2 atom stereocenters. The van der Waals surface area contributed by atoms with E-state index in [0.717, 1.165) is 44.6 Å². The van der Waals surface area contributed by atoms with E-state index in [-0.39, 0.29) is 0 Å². The van der Waals surface area contributed by atoms with Gasteiger partial charge >= 0.3 is 0 Å². The highest BCUT2D eigenvalue weighted by Crippen LogP contribution is 2.26. The Kier molecular flexibility index (Phi) is 3.50. The molecule has 0 saturated carbocycles. The molecule has 2 nitrogen and oxygen atoms in total. The third kappa shape index (κ3) is 2.62. The summed E-state index contributed by atoms with van der Waals surface area (Å²) in [5.74, 6) is -2.97. The van der Waals surface area contributed by atoms with Crippen molar-refractivity contribution in [2.45, 2.75) is 25.4 Å². The normalized spacial score (nSPS) is 27.5. The van der Waals surface area contributed by atoms with Crippen LogP contribution < -0.4 is 5.32 Å². The van der Waals surface area contributed by atoms with Gasteiger partial charge in [0, 0.05) is 19.1 Å². The van der Waals surface area contributed by atoms with Gasteiger partial charge in [-0.15, -0.1) is 0 Å². The quantitative estimate of drug-likeness (QED) is 0.829. The molecule has 2 unspecified atom stereocenters. The van der Waals surface area contributed by atoms with Crippen LogP contribution in [0.5, 0.6) is 0 Å². The molecule has 1 N–H and O–H groups in total. The largest absolute Gasteiger partial charge is 0.314 e. The molecule has 0 aliphatic carbocycles. The van der Waals surface area contributed by atoms with Crippen LogP contribution in [0.4, 0.5) is 13.2 Å². The number of hydrogen-bond donors (Lipinski definition) is 1. The van der Waals surface area contributed by atoms with Gasteiger partial charge in [-0.2, -0.15) is 0 Å². The van der Waals surface area contributed by atoms with Gasteiger partial charge < -0.3 is 5.32 Å². The van der Waals surface area contributed by atoms with Crippen LogP contribution in [-0.2, 0) is 6.54 Å². The van der Waals surface area contributed by atoms with Gasteiger partial charge in [0.1, 0.15) is 0 Å². The van der Waals surface area contributed by atoms with E-state index in [1.807, 2.05) is 0 Å². The molecule has 1 aromatic rings. The Balaban J connectivity index is 1.68. The van der Waals surface area contributed by atoms with E-state index in [1.165, 1.54) is 0 Å². The van der Waals surface area contributed by atoms with Crippen LogP contribution in [0.2, 0.25) is 0 Å². The van der Waals surface area contributed by atoms with Crippen molar-refractivity contribution in [1.29, 1.82) is 0 Å². The molecule has 2 heterocycles. The van der Waals surface area contributed by atoms with Crippen LogP contribution in [0.3, 0.4) is 0 Å². The first-order valence-corrected chi connectivity index (χ1v) is 6.72. The zero-order valence-electron chi connectivity index (χ0n) is 10.6. The van der Waals surface area contributed by atoms with Crippen molar-refractivity contribution in [2.24, 2.45) is 5.92 Å². The Labute approximate surface area is 110 Å². The molecule has 3 rings (SSSR count). The Morgan fingerprint density at radius 1 is 1.16 bits per heavy atom. The maximum Gasteiger partial charge on any atom is 0.194 e. The van der Waals surface area contributed by atoms with Crippen molar-refractivity contribution in [3.63, 3.8) is 0 Å². The third-order valence-corrected chi connectivity index (χ3v) is 4.19. The molecule has 0 spiro atoms. The van der Waals surface area contributed by atoms with Gasteiger partial charge in [-0.05, 0) is 49.5 Å². The number of hydrogen-bond acceptors (Lipinski definition) is 2. The highest BCUT2D eigenvalue weighted by molar-refractivity contribution is 5.19. The first kappa shape index (κ1) is 12.9. The zero-order chi connectivity index (χ0) is 13.4. The predicted octanol–water partition coefficient (Wildman–Crippen LogP) is 2.29. The topological polar surface area (TPSA) is 15.3 Å². The minimum atomic E-state index is -1.39. The van der Waals surface area contributed by atoms with Crippen LogP contribution >= 0.6 is 0 Å². The zero-order valence-corrected chi connectivity index (χ0v) is 10.6. The number of nitrogens with zero attached hydrogens (tertiary/aromatic N) is 1. The lowest BCUT2D eigenvalue weighted by atomic mass is 9.93. The fraction of sp³-hybridized carbons (Fsp3) is 0.571. The van der Waals surface area contributed by atoms with E-state index in [1.54, 1.807) is 0 Å². The average Bonchev–Trinajstić information content (AvgIpc) is 2.83. The summed E-state index contributed by atoms with van der Waals surface area (Å²) >= 11 is 0. The summed E-state index contributed by atoms with van der Waals surface area (Å²) < 4.78 is 39.2. The van der Waals surface area contributed by atoms with E-state index in [4.69, 9.17) is 0 Å². The number of rotatable bonds is 2. The van der Waals surface area contributed by atoms with Gasteiger partial charge in [0.05, 0.1) is 0 Å². The molecule has 1 aromatic carbocycles. The van der Waals surface area contributed by atoms with Crippen LogP contribution in [0.15, 0.2) is 12.1 Å². The highest BCUT2D eigenvalue weighted by atomic mass is 19.2. The van der Waals surface area contributed by atoms with E-state index in [0.29, 0.717) is 24.1 Å². The second-order valence-corrected chi connectivity index (χ2v) is 5.51. The van der Waals surface area contributed by atoms with E-state index >= 15 is 0 Å². The lowest BCUT2D eigenvalue weighted by Gasteiger charge is -2.34. The minimum Gasteiger partial charge on any atom is -0.314 e. The van der Waals surface area contributed by atoms with Gasteiger partial charge in [-0.25, -0.2) is 13.2 Å². The summed E-state index contributed by atoms with van der Waals surface area (Å²) in [5, 5.41) is 3.47. The number of nitrogens with one attached hydrogen (secondary N) is 1. The first-order valence-electron chi connectivity index (χ1n) is 6.72. The van der Waals surface area contributed by atoms with Gasteiger partial charge in [0.25, 0.3) is 0 Å². The first-order chi connectivity index (χ1) is 9.13. The van der Waals surface area contributed by atoms with Gasteiger partial charge in [0.15, 0.2) is 17.5 Å². The smallest absolute Gasteiger partial charge is 0.194 e. The van der Waals surface area contributed by atoms with Crippen molar-refractivity contribution < 1.29 is 13.2 Å². The monoisotopic (exact) mass is 270 g/mol. The van der Waals surface area contributed by atoms with E-state index in [9.17, 15) is 13.2 Å². The van der Waals surface area contributed by atoms with E-state index < -0.39 is 17.5 Å². The highest BCUT2D eigenvalue weighted by Gasteiger charge is 2.32. The van der Waals surface area contributed by atoms with Crippen molar-refractivity contribution in [2.75, 3.05) is 19.6 Å². The van der Waals surface area contributed by atoms with E-state index in [2.05, 4.69) is 10.2 Å². The molecule has 0 bridgehead atoms. The summed E-state index contributed by atoms with van der Waals surface area (Å²) in [6.45, 7) is 3.40. The molecule has 104 valence electrons. The molecule has 0 amide bonds. The SMILES string of the molecule is Fc1cc(CN2CCC3NCCC3C2)cc(F)c1F. The lowest BCUT2D eigenvalue weighted by molar-refractivity contribution is 0.155. The fourth-order valence-corrected chi connectivity index (χ4v) is 3.22. The molecule has 0 radical (unpaired) electrons. The summed E-state index contributed by atoms with van der Waals surface area (Å²) in [6.07, 6.45) is 2.23. The molecule has 2 aliphatic rings.